The number of halogens is 1. The van der Waals surface area contributed by atoms with Crippen LogP contribution in [0.1, 0.15) is 12.0 Å². The molecule has 1 atom stereocenters. The van der Waals surface area contributed by atoms with Gasteiger partial charge in [0.1, 0.15) is 5.25 Å². The molecule has 8 nitrogen and oxygen atoms in total. The first-order valence-electron chi connectivity index (χ1n) is 6.66. The molecule has 0 aliphatic carbocycles. The van der Waals surface area contributed by atoms with Crippen LogP contribution in [0.4, 0.5) is 0 Å². The molecule has 128 valence electrons. The molecule has 10 heteroatoms. The summed E-state index contributed by atoms with van der Waals surface area (Å²) in [4.78, 5) is 22.2. The molecular formula is C14H14ClN3O5S. The summed E-state index contributed by atoms with van der Waals surface area (Å²) >= 11 is 7.14. The van der Waals surface area contributed by atoms with Gasteiger partial charge in [-0.15, -0.1) is 5.10 Å². The highest BCUT2D eigenvalue weighted by atomic mass is 35.5. The molecule has 2 N–H and O–H groups in total. The lowest BCUT2D eigenvalue weighted by atomic mass is 10.2. The van der Waals surface area contributed by atoms with Gasteiger partial charge in [-0.3, -0.25) is 9.59 Å². The van der Waals surface area contributed by atoms with E-state index < -0.39 is 17.1 Å². The second kappa shape index (κ2) is 8.02. The van der Waals surface area contributed by atoms with Gasteiger partial charge in [0.05, 0.1) is 31.9 Å². The van der Waals surface area contributed by atoms with Crippen molar-refractivity contribution in [2.24, 2.45) is 10.2 Å². The normalized spacial score (nSPS) is 18.9. The van der Waals surface area contributed by atoms with Gasteiger partial charge in [0.25, 0.3) is 0 Å². The Labute approximate surface area is 146 Å². The van der Waals surface area contributed by atoms with Gasteiger partial charge in [0.15, 0.2) is 16.7 Å². The number of carbonyl (C=O) groups is 2. The zero-order valence-corrected chi connectivity index (χ0v) is 14.3. The van der Waals surface area contributed by atoms with E-state index in [0.29, 0.717) is 22.1 Å². The van der Waals surface area contributed by atoms with Crippen LogP contribution in [-0.4, -0.2) is 47.8 Å². The number of hydrogen-bond acceptors (Lipinski definition) is 7. The van der Waals surface area contributed by atoms with Crippen molar-refractivity contribution in [2.75, 3.05) is 14.2 Å². The molecule has 1 unspecified atom stereocenters. The molecule has 1 amide bonds. The molecular weight excluding hydrogens is 358 g/mol. The Morgan fingerprint density at radius 1 is 1.42 bits per heavy atom. The summed E-state index contributed by atoms with van der Waals surface area (Å²) < 4.78 is 10.3. The van der Waals surface area contributed by atoms with E-state index in [1.54, 1.807) is 12.1 Å². The highest BCUT2D eigenvalue weighted by Crippen LogP contribution is 2.32. The smallest absolute Gasteiger partial charge is 0.305 e. The lowest BCUT2D eigenvalue weighted by Gasteiger charge is -2.09. The number of ether oxygens (including phenoxy) is 2. The van der Waals surface area contributed by atoms with E-state index in [0.717, 1.165) is 11.8 Å². The van der Waals surface area contributed by atoms with E-state index in [4.69, 9.17) is 26.2 Å². The Hall–Kier alpha value is -2.26. The SMILES string of the molecule is COc1cc(Cl)c(C=NN=C2NC(=O)C(CC(=O)O)S2)cc1OC. The van der Waals surface area contributed by atoms with Gasteiger partial charge in [-0.05, 0) is 6.07 Å². The number of carboxylic acid groups (broad SMARTS) is 1. The Bertz CT molecular complexity index is 723. The predicted octanol–water partition coefficient (Wildman–Crippen LogP) is 1.75. The number of benzene rings is 1. The van der Waals surface area contributed by atoms with Gasteiger partial charge in [0, 0.05) is 11.6 Å². The Morgan fingerprint density at radius 3 is 2.71 bits per heavy atom. The fourth-order valence-electron chi connectivity index (χ4n) is 1.86. The molecule has 1 aliphatic rings. The number of carbonyl (C=O) groups excluding carboxylic acids is 1. The maximum atomic E-state index is 11.6. The van der Waals surface area contributed by atoms with Crippen LogP contribution in [0.15, 0.2) is 22.3 Å². The van der Waals surface area contributed by atoms with Crippen LogP contribution in [0.25, 0.3) is 0 Å². The summed E-state index contributed by atoms with van der Waals surface area (Å²) in [6.45, 7) is 0. The average molecular weight is 372 g/mol. The molecule has 1 saturated heterocycles. The molecule has 2 rings (SSSR count). The van der Waals surface area contributed by atoms with Crippen LogP contribution >= 0.6 is 23.4 Å². The van der Waals surface area contributed by atoms with Crippen LogP contribution < -0.4 is 14.8 Å². The molecule has 0 aromatic heterocycles. The molecule has 24 heavy (non-hydrogen) atoms. The first-order valence-corrected chi connectivity index (χ1v) is 7.92. The average Bonchev–Trinajstić information content (AvgIpc) is 2.87. The Kier molecular flexibility index (Phi) is 6.04. The topological polar surface area (TPSA) is 110 Å². The molecule has 0 saturated carbocycles. The van der Waals surface area contributed by atoms with Crippen molar-refractivity contribution in [1.82, 2.24) is 5.32 Å². The van der Waals surface area contributed by atoms with E-state index in [1.807, 2.05) is 0 Å². The summed E-state index contributed by atoms with van der Waals surface area (Å²) in [7, 11) is 3.00. The summed E-state index contributed by atoms with van der Waals surface area (Å²) in [6, 6.07) is 3.22. The number of aliphatic carboxylic acids is 1. The number of carboxylic acids is 1. The summed E-state index contributed by atoms with van der Waals surface area (Å²) in [5.41, 5.74) is 0.551. The largest absolute Gasteiger partial charge is 0.493 e. The van der Waals surface area contributed by atoms with E-state index >= 15 is 0 Å². The van der Waals surface area contributed by atoms with Crippen LogP contribution in [0.2, 0.25) is 5.02 Å². The number of nitrogens with zero attached hydrogens (tertiary/aromatic N) is 2. The molecule has 0 bridgehead atoms. The minimum absolute atomic E-state index is 0.235. The Balaban J connectivity index is 2.12. The number of amidine groups is 1. The lowest BCUT2D eigenvalue weighted by Crippen LogP contribution is -2.26. The van der Waals surface area contributed by atoms with E-state index in [-0.39, 0.29) is 11.6 Å². The van der Waals surface area contributed by atoms with Gasteiger partial charge in [-0.1, -0.05) is 23.4 Å². The number of rotatable bonds is 6. The molecule has 1 aromatic carbocycles. The van der Waals surface area contributed by atoms with Crippen LogP contribution in [0.5, 0.6) is 11.5 Å². The van der Waals surface area contributed by atoms with E-state index in [1.165, 1.54) is 20.4 Å². The van der Waals surface area contributed by atoms with Crippen molar-refractivity contribution < 1.29 is 24.2 Å². The van der Waals surface area contributed by atoms with Gasteiger partial charge in [-0.2, -0.15) is 5.10 Å². The van der Waals surface area contributed by atoms with Crippen molar-refractivity contribution in [3.63, 3.8) is 0 Å². The third kappa shape index (κ3) is 4.39. The maximum Gasteiger partial charge on any atom is 0.305 e. The molecule has 1 aliphatic heterocycles. The van der Waals surface area contributed by atoms with Crippen molar-refractivity contribution in [2.45, 2.75) is 11.7 Å². The van der Waals surface area contributed by atoms with Crippen molar-refractivity contribution >= 4 is 46.6 Å². The van der Waals surface area contributed by atoms with Gasteiger partial charge in [-0.25, -0.2) is 0 Å². The fourth-order valence-corrected chi connectivity index (χ4v) is 2.98. The quantitative estimate of drug-likeness (QED) is 0.582. The first-order chi connectivity index (χ1) is 11.4. The highest BCUT2D eigenvalue weighted by molar-refractivity contribution is 8.15. The second-order valence-electron chi connectivity index (χ2n) is 4.57. The van der Waals surface area contributed by atoms with Gasteiger partial charge in [0.2, 0.25) is 5.91 Å². The molecule has 0 radical (unpaired) electrons. The molecule has 1 aromatic rings. The minimum atomic E-state index is -1.05. The first kappa shape index (κ1) is 18.1. The highest BCUT2D eigenvalue weighted by Gasteiger charge is 2.32. The zero-order chi connectivity index (χ0) is 17.7. The maximum absolute atomic E-state index is 11.6. The monoisotopic (exact) mass is 371 g/mol. The van der Waals surface area contributed by atoms with Crippen LogP contribution in [0, 0.1) is 0 Å². The molecule has 1 fully saturated rings. The van der Waals surface area contributed by atoms with Crippen molar-refractivity contribution in [1.29, 1.82) is 0 Å². The number of thioether (sulfide) groups is 1. The summed E-state index contributed by atoms with van der Waals surface area (Å²) in [5, 5.41) is 18.8. The van der Waals surface area contributed by atoms with Crippen molar-refractivity contribution in [3.05, 3.63) is 22.7 Å². The number of amides is 1. The minimum Gasteiger partial charge on any atom is -0.493 e. The van der Waals surface area contributed by atoms with Gasteiger partial charge >= 0.3 is 5.97 Å². The summed E-state index contributed by atoms with van der Waals surface area (Å²) in [6.07, 6.45) is 1.12. The third-order valence-electron chi connectivity index (χ3n) is 2.98. The molecule has 0 spiro atoms. The number of methoxy groups -OCH3 is 2. The van der Waals surface area contributed by atoms with E-state index in [9.17, 15) is 9.59 Å². The lowest BCUT2D eigenvalue weighted by molar-refractivity contribution is -0.138. The van der Waals surface area contributed by atoms with Crippen molar-refractivity contribution in [3.8, 4) is 11.5 Å². The summed E-state index contributed by atoms with van der Waals surface area (Å²) in [5.74, 6) is -0.479. The standard InChI is InChI=1S/C14H14ClN3O5S/c1-22-9-3-7(8(15)4-10(9)23-2)6-16-18-14-17-13(21)11(24-14)5-12(19)20/h3-4,6,11H,5H2,1-2H3,(H,19,20)(H,17,18,21). The van der Waals surface area contributed by atoms with Gasteiger partial charge < -0.3 is 19.9 Å². The second-order valence-corrected chi connectivity index (χ2v) is 6.17. The van der Waals surface area contributed by atoms with E-state index in [2.05, 4.69) is 15.5 Å². The fraction of sp³-hybridized carbons (Fsp3) is 0.286. The van der Waals surface area contributed by atoms with Crippen LogP contribution in [-0.2, 0) is 9.59 Å². The molecule has 1 heterocycles. The number of nitrogens with one attached hydrogen (secondary N) is 1. The van der Waals surface area contributed by atoms with Crippen LogP contribution in [0.3, 0.4) is 0 Å². The third-order valence-corrected chi connectivity index (χ3v) is 4.38. The predicted molar refractivity (Wildman–Crippen MR) is 91.4 cm³/mol. The zero-order valence-electron chi connectivity index (χ0n) is 12.8. The Morgan fingerprint density at radius 2 is 2.08 bits per heavy atom. The number of hydrogen-bond donors (Lipinski definition) is 2.